The molecule has 0 heterocycles. The van der Waals surface area contributed by atoms with E-state index >= 15 is 0 Å². The first-order chi connectivity index (χ1) is 7.82. The van der Waals surface area contributed by atoms with E-state index in [-0.39, 0.29) is 11.8 Å². The van der Waals surface area contributed by atoms with Crippen LogP contribution in [0.25, 0.3) is 0 Å². The summed E-state index contributed by atoms with van der Waals surface area (Å²) in [5, 5.41) is 0. The molecular formula is C12H18N2O2Si. The summed E-state index contributed by atoms with van der Waals surface area (Å²) in [5.41, 5.74) is 3.21. The Bertz CT molecular complexity index is 412. The number of amides is 2. The van der Waals surface area contributed by atoms with E-state index in [2.05, 4.69) is 5.43 Å². The Morgan fingerprint density at radius 1 is 1.12 bits per heavy atom. The Morgan fingerprint density at radius 3 is 2.06 bits per heavy atom. The summed E-state index contributed by atoms with van der Waals surface area (Å²) < 4.78 is 1.49. The van der Waals surface area contributed by atoms with Crippen molar-refractivity contribution in [3.8, 4) is 0 Å². The van der Waals surface area contributed by atoms with Gasteiger partial charge in [0.15, 0.2) is 8.24 Å². The minimum absolute atomic E-state index is 0.153. The van der Waals surface area contributed by atoms with E-state index < -0.39 is 8.24 Å². The van der Waals surface area contributed by atoms with Crippen LogP contribution in [0, 0.1) is 0 Å². The first-order valence-electron chi connectivity index (χ1n) is 5.49. The normalized spacial score (nSPS) is 10.8. The van der Waals surface area contributed by atoms with Crippen LogP contribution in [0.1, 0.15) is 17.3 Å². The van der Waals surface area contributed by atoms with Crippen molar-refractivity contribution in [2.24, 2.45) is 0 Å². The lowest BCUT2D eigenvalue weighted by Gasteiger charge is -2.33. The van der Waals surface area contributed by atoms with Gasteiger partial charge in [-0.3, -0.25) is 19.7 Å². The predicted octanol–water partition coefficient (Wildman–Crippen LogP) is 2.01. The Hall–Kier alpha value is -1.62. The average molecular weight is 250 g/mol. The van der Waals surface area contributed by atoms with Gasteiger partial charge in [-0.05, 0) is 31.8 Å². The summed E-state index contributed by atoms with van der Waals surface area (Å²) >= 11 is 0. The van der Waals surface area contributed by atoms with Gasteiger partial charge in [0.1, 0.15) is 0 Å². The van der Waals surface area contributed by atoms with Crippen molar-refractivity contribution >= 4 is 20.0 Å². The maximum Gasteiger partial charge on any atom is 0.264 e. The highest BCUT2D eigenvalue weighted by Gasteiger charge is 2.30. The van der Waals surface area contributed by atoms with Crippen LogP contribution in [-0.4, -0.2) is 24.7 Å². The summed E-state index contributed by atoms with van der Waals surface area (Å²) in [5.74, 6) is -0.378. The quantitative estimate of drug-likeness (QED) is 0.645. The van der Waals surface area contributed by atoms with Crippen molar-refractivity contribution in [2.75, 3.05) is 0 Å². The zero-order chi connectivity index (χ0) is 13.1. The molecule has 1 rings (SSSR count). The number of carbonyl (C=O) groups excluding carboxylic acids is 2. The summed E-state index contributed by atoms with van der Waals surface area (Å²) in [4.78, 5) is 23.4. The first kappa shape index (κ1) is 13.4. The maximum absolute atomic E-state index is 12.3. The zero-order valence-electron chi connectivity index (χ0n) is 10.7. The lowest BCUT2D eigenvalue weighted by atomic mass is 10.2. The predicted molar refractivity (Wildman–Crippen MR) is 69.8 cm³/mol. The molecule has 0 atom stereocenters. The van der Waals surface area contributed by atoms with E-state index in [1.54, 1.807) is 12.1 Å². The third kappa shape index (κ3) is 3.71. The minimum Gasteiger partial charge on any atom is -0.282 e. The van der Waals surface area contributed by atoms with Crippen LogP contribution in [0.3, 0.4) is 0 Å². The Morgan fingerprint density at radius 2 is 1.65 bits per heavy atom. The molecule has 1 aromatic carbocycles. The highest BCUT2D eigenvalue weighted by Crippen LogP contribution is 2.12. The Labute approximate surface area is 103 Å². The van der Waals surface area contributed by atoms with E-state index in [0.717, 1.165) is 0 Å². The molecule has 0 bridgehead atoms. The summed E-state index contributed by atoms with van der Waals surface area (Å²) in [6, 6.07) is 8.97. The zero-order valence-corrected chi connectivity index (χ0v) is 11.7. The van der Waals surface area contributed by atoms with Crippen LogP contribution in [-0.2, 0) is 4.79 Å². The van der Waals surface area contributed by atoms with Gasteiger partial charge in [-0.25, -0.2) is 0 Å². The Balaban J connectivity index is 3.00. The summed E-state index contributed by atoms with van der Waals surface area (Å²) in [6.07, 6.45) is 0. The topological polar surface area (TPSA) is 49.4 Å². The molecule has 0 aliphatic rings. The molecule has 4 nitrogen and oxygen atoms in total. The second-order valence-electron chi connectivity index (χ2n) is 4.85. The number of hydrogen-bond donors (Lipinski definition) is 1. The van der Waals surface area contributed by atoms with E-state index in [9.17, 15) is 9.59 Å². The maximum atomic E-state index is 12.3. The molecule has 0 aliphatic carbocycles. The van der Waals surface area contributed by atoms with Gasteiger partial charge in [0.25, 0.3) is 5.91 Å². The van der Waals surface area contributed by atoms with Gasteiger partial charge in [-0.1, -0.05) is 18.2 Å². The molecule has 0 fully saturated rings. The number of carbonyl (C=O) groups is 2. The molecule has 1 N–H and O–H groups in total. The molecule has 0 unspecified atom stereocenters. The van der Waals surface area contributed by atoms with Gasteiger partial charge >= 0.3 is 0 Å². The summed E-state index contributed by atoms with van der Waals surface area (Å²) in [7, 11) is -1.94. The fraction of sp³-hybridized carbons (Fsp3) is 0.333. The molecule has 0 saturated heterocycles. The van der Waals surface area contributed by atoms with Gasteiger partial charge in [-0.15, -0.1) is 0 Å². The Kier molecular flexibility index (Phi) is 4.06. The van der Waals surface area contributed by atoms with Crippen molar-refractivity contribution in [3.05, 3.63) is 35.9 Å². The number of benzene rings is 1. The molecule has 1 aromatic rings. The molecule has 2 amide bonds. The smallest absolute Gasteiger partial charge is 0.264 e. The molecular weight excluding hydrogens is 232 g/mol. The van der Waals surface area contributed by atoms with E-state index in [1.807, 2.05) is 37.8 Å². The second kappa shape index (κ2) is 5.14. The highest BCUT2D eigenvalue weighted by atomic mass is 28.3. The summed E-state index contributed by atoms with van der Waals surface area (Å²) in [6.45, 7) is 7.42. The van der Waals surface area contributed by atoms with E-state index in [1.165, 1.54) is 11.6 Å². The molecule has 0 saturated carbocycles. The van der Waals surface area contributed by atoms with Crippen molar-refractivity contribution in [1.29, 1.82) is 0 Å². The molecule has 0 aliphatic heterocycles. The molecule has 0 radical (unpaired) electrons. The highest BCUT2D eigenvalue weighted by molar-refractivity contribution is 6.75. The second-order valence-corrected chi connectivity index (χ2v) is 9.63. The number of rotatable bonds is 2. The van der Waals surface area contributed by atoms with Gasteiger partial charge in [0.2, 0.25) is 5.91 Å². The third-order valence-corrected chi connectivity index (χ3v) is 3.82. The van der Waals surface area contributed by atoms with Gasteiger partial charge < -0.3 is 0 Å². The number of nitrogens with one attached hydrogen (secondary N) is 1. The molecule has 92 valence electrons. The van der Waals surface area contributed by atoms with Crippen molar-refractivity contribution in [2.45, 2.75) is 26.6 Å². The molecule has 5 heteroatoms. The van der Waals surface area contributed by atoms with Gasteiger partial charge in [0, 0.05) is 12.5 Å². The van der Waals surface area contributed by atoms with E-state index in [0.29, 0.717) is 5.56 Å². The number of nitrogens with zero attached hydrogens (tertiary/aromatic N) is 1. The van der Waals surface area contributed by atoms with Crippen LogP contribution >= 0.6 is 0 Å². The standard InChI is InChI=1S/C12H18N2O2Si/c1-10(15)13-14(17(2,3)4)12(16)11-8-6-5-7-9-11/h5-9H,1-4H3,(H,13,15). The first-order valence-corrected chi connectivity index (χ1v) is 8.94. The van der Waals surface area contributed by atoms with Crippen LogP contribution < -0.4 is 5.43 Å². The fourth-order valence-corrected chi connectivity index (χ4v) is 2.62. The van der Waals surface area contributed by atoms with Gasteiger partial charge in [0.05, 0.1) is 0 Å². The van der Waals surface area contributed by atoms with Crippen LogP contribution in [0.5, 0.6) is 0 Å². The van der Waals surface area contributed by atoms with Crippen molar-refractivity contribution in [3.63, 3.8) is 0 Å². The van der Waals surface area contributed by atoms with Crippen molar-refractivity contribution < 1.29 is 9.59 Å². The van der Waals surface area contributed by atoms with Crippen molar-refractivity contribution in [1.82, 2.24) is 10.1 Å². The lowest BCUT2D eigenvalue weighted by Crippen LogP contribution is -2.58. The number of hydrogen-bond acceptors (Lipinski definition) is 2. The molecule has 0 aromatic heterocycles. The van der Waals surface area contributed by atoms with Gasteiger partial charge in [-0.2, -0.15) is 0 Å². The fourth-order valence-electron chi connectivity index (χ4n) is 1.39. The van der Waals surface area contributed by atoms with Crippen LogP contribution in [0.4, 0.5) is 0 Å². The lowest BCUT2D eigenvalue weighted by molar-refractivity contribution is -0.121. The van der Waals surface area contributed by atoms with Crippen LogP contribution in [0.15, 0.2) is 30.3 Å². The molecule has 0 spiro atoms. The largest absolute Gasteiger partial charge is 0.282 e. The monoisotopic (exact) mass is 250 g/mol. The molecule has 17 heavy (non-hydrogen) atoms. The SMILES string of the molecule is CC(=O)NN(C(=O)c1ccccc1)[Si](C)(C)C. The average Bonchev–Trinajstić information content (AvgIpc) is 2.24. The van der Waals surface area contributed by atoms with E-state index in [4.69, 9.17) is 0 Å². The van der Waals surface area contributed by atoms with Crippen LogP contribution in [0.2, 0.25) is 19.6 Å². The third-order valence-electron chi connectivity index (χ3n) is 2.16. The number of hydrazine groups is 1. The minimum atomic E-state index is -1.94.